The molecule has 3 rings (SSSR count). The molecule has 0 aromatic heterocycles. The van der Waals surface area contributed by atoms with Crippen LogP contribution in [-0.4, -0.2) is 61.3 Å². The molecule has 0 unspecified atom stereocenters. The molecule has 1 aliphatic heterocycles. The van der Waals surface area contributed by atoms with Crippen molar-refractivity contribution in [3.05, 3.63) is 59.2 Å². The first-order chi connectivity index (χ1) is 15.0. The molecular weight excluding hydrogens is 402 g/mol. The number of aliphatic hydroxyl groups is 2. The molecule has 8 heteroatoms. The second-order valence-corrected chi connectivity index (χ2v) is 6.91. The standard InChI is InChI=1S/C23H25NO7/c1-29-16-8-5-14(6-9-16)21(26)19-20(24(11-4-12-25)23(28)22(19)27)15-7-10-17(30-2)18(13-15)31-3/h5-10,13,20,25-26H,4,11-12H2,1-3H3/b21-19+/t20-/m0/s1. The fourth-order valence-electron chi connectivity index (χ4n) is 3.63. The lowest BCUT2D eigenvalue weighted by molar-refractivity contribution is -0.140. The van der Waals surface area contributed by atoms with Gasteiger partial charge in [-0.05, 0) is 48.4 Å². The molecule has 1 heterocycles. The maximum Gasteiger partial charge on any atom is 0.295 e. The lowest BCUT2D eigenvalue weighted by Gasteiger charge is -2.25. The highest BCUT2D eigenvalue weighted by molar-refractivity contribution is 6.46. The molecule has 2 aromatic rings. The van der Waals surface area contributed by atoms with Crippen LogP contribution in [0.25, 0.3) is 5.76 Å². The number of amides is 1. The second kappa shape index (κ2) is 9.53. The summed E-state index contributed by atoms with van der Waals surface area (Å²) in [6.45, 7) is 0.0135. The van der Waals surface area contributed by atoms with E-state index < -0.39 is 17.7 Å². The van der Waals surface area contributed by atoms with Crippen LogP contribution in [0.4, 0.5) is 0 Å². The number of hydrogen-bond acceptors (Lipinski definition) is 7. The summed E-state index contributed by atoms with van der Waals surface area (Å²) in [5.41, 5.74) is 0.927. The van der Waals surface area contributed by atoms with Gasteiger partial charge in [-0.25, -0.2) is 0 Å². The van der Waals surface area contributed by atoms with Crippen molar-refractivity contribution in [3.8, 4) is 17.2 Å². The van der Waals surface area contributed by atoms with Crippen LogP contribution < -0.4 is 14.2 Å². The molecule has 2 aromatic carbocycles. The van der Waals surface area contributed by atoms with E-state index in [1.165, 1.54) is 26.2 Å². The van der Waals surface area contributed by atoms with Crippen molar-refractivity contribution in [3.63, 3.8) is 0 Å². The van der Waals surface area contributed by atoms with Crippen LogP contribution in [0.2, 0.25) is 0 Å². The largest absolute Gasteiger partial charge is 0.507 e. The van der Waals surface area contributed by atoms with Gasteiger partial charge in [-0.3, -0.25) is 9.59 Å². The van der Waals surface area contributed by atoms with E-state index in [2.05, 4.69) is 0 Å². The molecule has 1 fully saturated rings. The van der Waals surface area contributed by atoms with E-state index in [0.717, 1.165) is 0 Å². The van der Waals surface area contributed by atoms with Crippen molar-refractivity contribution < 1.29 is 34.0 Å². The van der Waals surface area contributed by atoms with Crippen molar-refractivity contribution in [2.45, 2.75) is 12.5 Å². The molecule has 0 spiro atoms. The molecule has 31 heavy (non-hydrogen) atoms. The Kier molecular flexibility index (Phi) is 6.81. The van der Waals surface area contributed by atoms with Crippen LogP contribution in [0, 0.1) is 0 Å². The molecule has 1 aliphatic rings. The van der Waals surface area contributed by atoms with Crippen molar-refractivity contribution in [2.75, 3.05) is 34.5 Å². The molecule has 0 saturated carbocycles. The number of likely N-dealkylation sites (tertiary alicyclic amines) is 1. The molecule has 0 aliphatic carbocycles. The summed E-state index contributed by atoms with van der Waals surface area (Å²) in [5, 5.41) is 20.3. The number of Topliss-reactive ketones (excluding diaryl/α,β-unsaturated/α-hetero) is 1. The quantitative estimate of drug-likeness (QED) is 0.379. The Morgan fingerprint density at radius 3 is 2.23 bits per heavy atom. The van der Waals surface area contributed by atoms with Crippen molar-refractivity contribution >= 4 is 17.4 Å². The average molecular weight is 427 g/mol. The van der Waals surface area contributed by atoms with Crippen LogP contribution in [-0.2, 0) is 9.59 Å². The van der Waals surface area contributed by atoms with Crippen molar-refractivity contribution in [1.82, 2.24) is 4.90 Å². The average Bonchev–Trinajstić information content (AvgIpc) is 3.06. The van der Waals surface area contributed by atoms with Gasteiger partial charge in [0.15, 0.2) is 11.5 Å². The summed E-state index contributed by atoms with van der Waals surface area (Å²) in [6.07, 6.45) is 0.291. The van der Waals surface area contributed by atoms with Gasteiger partial charge in [0.2, 0.25) is 0 Å². The van der Waals surface area contributed by atoms with Crippen molar-refractivity contribution in [1.29, 1.82) is 0 Å². The van der Waals surface area contributed by atoms with E-state index in [-0.39, 0.29) is 24.5 Å². The highest BCUT2D eigenvalue weighted by atomic mass is 16.5. The summed E-state index contributed by atoms with van der Waals surface area (Å²) in [4.78, 5) is 27.1. The molecule has 8 nitrogen and oxygen atoms in total. The molecule has 1 amide bonds. The molecule has 0 bridgehead atoms. The van der Waals surface area contributed by atoms with Gasteiger partial charge in [-0.1, -0.05) is 6.07 Å². The Bertz CT molecular complexity index is 997. The monoisotopic (exact) mass is 427 g/mol. The van der Waals surface area contributed by atoms with Crippen LogP contribution >= 0.6 is 0 Å². The van der Waals surface area contributed by atoms with E-state index in [1.54, 1.807) is 42.5 Å². The van der Waals surface area contributed by atoms with Crippen LogP contribution in [0.5, 0.6) is 17.2 Å². The van der Waals surface area contributed by atoms with Gasteiger partial charge in [-0.2, -0.15) is 0 Å². The zero-order valence-electron chi connectivity index (χ0n) is 17.6. The van der Waals surface area contributed by atoms with E-state index in [1.807, 2.05) is 0 Å². The Balaban J connectivity index is 2.17. The minimum Gasteiger partial charge on any atom is -0.507 e. The topological polar surface area (TPSA) is 106 Å². The first kappa shape index (κ1) is 22.2. The molecule has 1 atom stereocenters. The maximum atomic E-state index is 12.9. The fraction of sp³-hybridized carbons (Fsp3) is 0.304. The lowest BCUT2D eigenvalue weighted by atomic mass is 9.95. The molecule has 2 N–H and O–H groups in total. The van der Waals surface area contributed by atoms with E-state index in [0.29, 0.717) is 34.8 Å². The molecule has 0 radical (unpaired) electrons. The number of ketones is 1. The number of ether oxygens (including phenoxy) is 3. The highest BCUT2D eigenvalue weighted by Crippen LogP contribution is 2.42. The number of methoxy groups -OCH3 is 3. The third-order valence-corrected chi connectivity index (χ3v) is 5.18. The zero-order valence-corrected chi connectivity index (χ0v) is 17.6. The Morgan fingerprint density at radius 1 is 0.968 bits per heavy atom. The number of rotatable bonds is 8. The van der Waals surface area contributed by atoms with E-state index >= 15 is 0 Å². The van der Waals surface area contributed by atoms with Crippen molar-refractivity contribution in [2.24, 2.45) is 0 Å². The van der Waals surface area contributed by atoms with Gasteiger partial charge in [0.1, 0.15) is 11.5 Å². The summed E-state index contributed by atoms with van der Waals surface area (Å²) >= 11 is 0. The summed E-state index contributed by atoms with van der Waals surface area (Å²) < 4.78 is 15.8. The Morgan fingerprint density at radius 2 is 1.65 bits per heavy atom. The lowest BCUT2D eigenvalue weighted by Crippen LogP contribution is -2.31. The van der Waals surface area contributed by atoms with Crippen LogP contribution in [0.1, 0.15) is 23.6 Å². The minimum absolute atomic E-state index is 0.0275. The predicted molar refractivity (Wildman–Crippen MR) is 113 cm³/mol. The number of carbonyl (C=O) groups excluding carboxylic acids is 2. The summed E-state index contributed by atoms with van der Waals surface area (Å²) in [5.74, 6) is -0.288. The predicted octanol–water partition coefficient (Wildman–Crippen LogP) is 2.52. The maximum absolute atomic E-state index is 12.9. The number of benzene rings is 2. The third-order valence-electron chi connectivity index (χ3n) is 5.18. The van der Waals surface area contributed by atoms with Gasteiger partial charge >= 0.3 is 0 Å². The second-order valence-electron chi connectivity index (χ2n) is 6.91. The highest BCUT2D eigenvalue weighted by Gasteiger charge is 2.46. The van der Waals surface area contributed by atoms with Gasteiger partial charge < -0.3 is 29.3 Å². The SMILES string of the molecule is COc1ccc(/C(O)=C2\C(=O)C(=O)N(CCCO)[C@H]2c2ccc(OC)c(OC)c2)cc1. The number of hydrogen-bond donors (Lipinski definition) is 2. The van der Waals surface area contributed by atoms with E-state index in [9.17, 15) is 19.8 Å². The third kappa shape index (κ3) is 4.20. The fourth-order valence-corrected chi connectivity index (χ4v) is 3.63. The Labute approximate surface area is 180 Å². The summed E-state index contributed by atoms with van der Waals surface area (Å²) in [6, 6.07) is 10.8. The van der Waals surface area contributed by atoms with E-state index in [4.69, 9.17) is 14.2 Å². The van der Waals surface area contributed by atoms with Crippen LogP contribution in [0.15, 0.2) is 48.0 Å². The van der Waals surface area contributed by atoms with Gasteiger partial charge in [0.05, 0.1) is 32.9 Å². The molecule has 164 valence electrons. The van der Waals surface area contributed by atoms with Gasteiger partial charge in [0.25, 0.3) is 11.7 Å². The van der Waals surface area contributed by atoms with Crippen LogP contribution in [0.3, 0.4) is 0 Å². The number of aliphatic hydroxyl groups excluding tert-OH is 2. The first-order valence-corrected chi connectivity index (χ1v) is 9.72. The molecule has 1 saturated heterocycles. The van der Waals surface area contributed by atoms with Gasteiger partial charge in [0, 0.05) is 18.7 Å². The number of carbonyl (C=O) groups is 2. The minimum atomic E-state index is -0.839. The number of nitrogens with zero attached hydrogens (tertiary/aromatic N) is 1. The zero-order chi connectivity index (χ0) is 22.5. The molecular formula is C23H25NO7. The first-order valence-electron chi connectivity index (χ1n) is 9.72. The summed E-state index contributed by atoms with van der Waals surface area (Å²) in [7, 11) is 4.52. The Hall–Kier alpha value is -3.52. The smallest absolute Gasteiger partial charge is 0.295 e. The normalized spacial score (nSPS) is 17.7. The van der Waals surface area contributed by atoms with Gasteiger partial charge in [-0.15, -0.1) is 0 Å².